The van der Waals surface area contributed by atoms with E-state index in [1.165, 1.54) is 31.2 Å². The van der Waals surface area contributed by atoms with Crippen LogP contribution in [-0.2, 0) is 6.42 Å². The zero-order valence-corrected chi connectivity index (χ0v) is 12.5. The van der Waals surface area contributed by atoms with Crippen LogP contribution in [0.1, 0.15) is 45.1 Å². The Morgan fingerprint density at radius 2 is 1.89 bits per heavy atom. The molecule has 0 amide bonds. The van der Waals surface area contributed by atoms with Gasteiger partial charge in [-0.15, -0.1) is 0 Å². The zero-order valence-electron chi connectivity index (χ0n) is 12.5. The summed E-state index contributed by atoms with van der Waals surface area (Å²) in [6.45, 7) is 4.62. The molecule has 1 fully saturated rings. The Balaban J connectivity index is 1.87. The molecular formula is C17H27NO. The first-order valence-corrected chi connectivity index (χ1v) is 7.58. The van der Waals surface area contributed by atoms with Crippen LogP contribution in [0.4, 0.5) is 0 Å². The summed E-state index contributed by atoms with van der Waals surface area (Å²) in [5.74, 6) is 1.88. The number of hydrogen-bond donors (Lipinski definition) is 1. The fourth-order valence-corrected chi connectivity index (χ4v) is 3.30. The minimum Gasteiger partial charge on any atom is -0.496 e. The molecule has 1 aliphatic carbocycles. The molecule has 19 heavy (non-hydrogen) atoms. The summed E-state index contributed by atoms with van der Waals surface area (Å²) in [4.78, 5) is 0. The van der Waals surface area contributed by atoms with Crippen LogP contribution in [0.3, 0.4) is 0 Å². The summed E-state index contributed by atoms with van der Waals surface area (Å²) < 4.78 is 5.42. The van der Waals surface area contributed by atoms with Crippen molar-refractivity contribution >= 4 is 0 Å². The largest absolute Gasteiger partial charge is 0.496 e. The molecule has 0 aliphatic heterocycles. The van der Waals surface area contributed by atoms with Crippen molar-refractivity contribution in [1.82, 2.24) is 5.32 Å². The van der Waals surface area contributed by atoms with Crippen molar-refractivity contribution in [1.29, 1.82) is 0 Å². The molecule has 1 saturated carbocycles. The Morgan fingerprint density at radius 3 is 2.58 bits per heavy atom. The van der Waals surface area contributed by atoms with Crippen LogP contribution in [0.5, 0.6) is 5.75 Å². The van der Waals surface area contributed by atoms with Crippen LogP contribution < -0.4 is 10.1 Å². The van der Waals surface area contributed by atoms with Gasteiger partial charge in [-0.2, -0.15) is 0 Å². The lowest BCUT2D eigenvalue weighted by atomic mass is 9.97. The SMILES string of the molecule is COc1ccccc1CC(C)N[C@@H](C)C1CCCC1. The van der Waals surface area contributed by atoms with E-state index in [0.29, 0.717) is 12.1 Å². The summed E-state index contributed by atoms with van der Waals surface area (Å²) in [7, 11) is 1.75. The highest BCUT2D eigenvalue weighted by molar-refractivity contribution is 5.33. The number of benzene rings is 1. The predicted octanol–water partition coefficient (Wildman–Crippen LogP) is 3.79. The molecule has 0 saturated heterocycles. The van der Waals surface area contributed by atoms with Crippen molar-refractivity contribution in [2.24, 2.45) is 5.92 Å². The van der Waals surface area contributed by atoms with Crippen molar-refractivity contribution in [3.8, 4) is 5.75 Å². The van der Waals surface area contributed by atoms with E-state index in [1.54, 1.807) is 7.11 Å². The minimum absolute atomic E-state index is 0.492. The molecule has 0 spiro atoms. The van der Waals surface area contributed by atoms with E-state index >= 15 is 0 Å². The van der Waals surface area contributed by atoms with Crippen LogP contribution in [0.25, 0.3) is 0 Å². The van der Waals surface area contributed by atoms with Crippen LogP contribution in [0.15, 0.2) is 24.3 Å². The number of rotatable bonds is 6. The van der Waals surface area contributed by atoms with Crippen molar-refractivity contribution < 1.29 is 4.74 Å². The van der Waals surface area contributed by atoms with Crippen molar-refractivity contribution in [3.63, 3.8) is 0 Å². The molecule has 2 heteroatoms. The van der Waals surface area contributed by atoms with Gasteiger partial charge in [-0.3, -0.25) is 0 Å². The molecule has 1 N–H and O–H groups in total. The zero-order chi connectivity index (χ0) is 13.7. The van der Waals surface area contributed by atoms with Crippen LogP contribution in [0.2, 0.25) is 0 Å². The molecule has 0 radical (unpaired) electrons. The van der Waals surface area contributed by atoms with Crippen molar-refractivity contribution in [3.05, 3.63) is 29.8 Å². The molecule has 0 aromatic heterocycles. The molecule has 0 bridgehead atoms. The fourth-order valence-electron chi connectivity index (χ4n) is 3.30. The van der Waals surface area contributed by atoms with Gasteiger partial charge in [0, 0.05) is 12.1 Å². The van der Waals surface area contributed by atoms with Gasteiger partial charge in [-0.05, 0) is 50.7 Å². The molecule has 2 nitrogen and oxygen atoms in total. The Hall–Kier alpha value is -1.02. The third kappa shape index (κ3) is 3.97. The number of para-hydroxylation sites is 1. The predicted molar refractivity (Wildman–Crippen MR) is 80.7 cm³/mol. The molecule has 2 atom stereocenters. The van der Waals surface area contributed by atoms with Gasteiger partial charge < -0.3 is 10.1 Å². The van der Waals surface area contributed by atoms with Gasteiger partial charge in [0.2, 0.25) is 0 Å². The summed E-state index contributed by atoms with van der Waals surface area (Å²) >= 11 is 0. The van der Waals surface area contributed by atoms with Gasteiger partial charge in [0.25, 0.3) is 0 Å². The van der Waals surface area contributed by atoms with E-state index in [9.17, 15) is 0 Å². The molecule has 1 aromatic rings. The lowest BCUT2D eigenvalue weighted by Crippen LogP contribution is -2.39. The lowest BCUT2D eigenvalue weighted by molar-refractivity contribution is 0.345. The standard InChI is InChI=1S/C17H27NO/c1-13(18-14(2)15-8-4-5-9-15)12-16-10-6-7-11-17(16)19-3/h6-7,10-11,13-15,18H,4-5,8-9,12H2,1-3H3/t13?,14-/m0/s1. The number of hydrogen-bond acceptors (Lipinski definition) is 2. The van der Waals surface area contributed by atoms with Crippen molar-refractivity contribution in [2.75, 3.05) is 7.11 Å². The number of methoxy groups -OCH3 is 1. The second-order valence-electron chi connectivity index (χ2n) is 5.92. The molecule has 1 aromatic carbocycles. The van der Waals surface area contributed by atoms with Crippen molar-refractivity contribution in [2.45, 2.75) is 58.0 Å². The van der Waals surface area contributed by atoms with Gasteiger partial charge in [-0.25, -0.2) is 0 Å². The normalized spacial score (nSPS) is 19.3. The highest BCUT2D eigenvalue weighted by Gasteiger charge is 2.22. The van der Waals surface area contributed by atoms with Crippen LogP contribution in [0, 0.1) is 5.92 Å². The van der Waals surface area contributed by atoms with E-state index in [-0.39, 0.29) is 0 Å². The Labute approximate surface area is 117 Å². The number of nitrogens with one attached hydrogen (secondary N) is 1. The average molecular weight is 261 g/mol. The summed E-state index contributed by atoms with van der Waals surface area (Å²) in [5.41, 5.74) is 1.30. The van der Waals surface area contributed by atoms with E-state index in [0.717, 1.165) is 18.1 Å². The summed E-state index contributed by atoms with van der Waals surface area (Å²) in [6.07, 6.45) is 6.65. The first-order valence-electron chi connectivity index (χ1n) is 7.58. The summed E-state index contributed by atoms with van der Waals surface area (Å²) in [5, 5.41) is 3.77. The summed E-state index contributed by atoms with van der Waals surface area (Å²) in [6, 6.07) is 9.45. The smallest absolute Gasteiger partial charge is 0.122 e. The monoisotopic (exact) mass is 261 g/mol. The molecule has 0 heterocycles. The van der Waals surface area contributed by atoms with E-state index < -0.39 is 0 Å². The fraction of sp³-hybridized carbons (Fsp3) is 0.647. The molecular weight excluding hydrogens is 234 g/mol. The third-order valence-electron chi connectivity index (χ3n) is 4.37. The maximum atomic E-state index is 5.42. The minimum atomic E-state index is 0.492. The Morgan fingerprint density at radius 1 is 1.21 bits per heavy atom. The van der Waals surface area contributed by atoms with Crippen LogP contribution >= 0.6 is 0 Å². The van der Waals surface area contributed by atoms with Gasteiger partial charge in [0.05, 0.1) is 7.11 Å². The first-order chi connectivity index (χ1) is 9.20. The quantitative estimate of drug-likeness (QED) is 0.841. The Bertz CT molecular complexity index is 385. The van der Waals surface area contributed by atoms with Gasteiger partial charge in [0.1, 0.15) is 5.75 Å². The molecule has 1 unspecified atom stereocenters. The van der Waals surface area contributed by atoms with E-state index in [4.69, 9.17) is 4.74 Å². The average Bonchev–Trinajstić information content (AvgIpc) is 2.93. The van der Waals surface area contributed by atoms with E-state index in [1.807, 2.05) is 12.1 Å². The lowest BCUT2D eigenvalue weighted by Gasteiger charge is -2.25. The first kappa shape index (κ1) is 14.4. The second kappa shape index (κ2) is 6.95. The topological polar surface area (TPSA) is 21.3 Å². The third-order valence-corrected chi connectivity index (χ3v) is 4.37. The number of ether oxygens (including phenoxy) is 1. The highest BCUT2D eigenvalue weighted by Crippen LogP contribution is 2.28. The van der Waals surface area contributed by atoms with Crippen LogP contribution in [-0.4, -0.2) is 19.2 Å². The van der Waals surface area contributed by atoms with Gasteiger partial charge in [-0.1, -0.05) is 31.0 Å². The molecule has 106 valence electrons. The second-order valence-corrected chi connectivity index (χ2v) is 5.92. The van der Waals surface area contributed by atoms with Gasteiger partial charge in [0.15, 0.2) is 0 Å². The van der Waals surface area contributed by atoms with Gasteiger partial charge >= 0.3 is 0 Å². The molecule has 2 rings (SSSR count). The Kier molecular flexibility index (Phi) is 5.26. The maximum Gasteiger partial charge on any atom is 0.122 e. The maximum absolute atomic E-state index is 5.42. The molecule has 1 aliphatic rings. The van der Waals surface area contributed by atoms with E-state index in [2.05, 4.69) is 31.3 Å². The highest BCUT2D eigenvalue weighted by atomic mass is 16.5.